The summed E-state index contributed by atoms with van der Waals surface area (Å²) in [6, 6.07) is 15.6. The molecule has 2 N–H and O–H groups in total. The van der Waals surface area contributed by atoms with Gasteiger partial charge in [-0.2, -0.15) is 5.10 Å². The topological polar surface area (TPSA) is 79.8 Å². The molecule has 0 radical (unpaired) electrons. The van der Waals surface area contributed by atoms with Gasteiger partial charge in [-0.25, -0.2) is 9.82 Å². The Morgan fingerprint density at radius 1 is 1.12 bits per heavy atom. The molecular formula is C26H24FN3O3. The van der Waals surface area contributed by atoms with E-state index in [0.717, 1.165) is 10.8 Å². The highest BCUT2D eigenvalue weighted by Gasteiger charge is 2.24. The number of nitrogens with one attached hydrogen (secondary N) is 2. The number of hydrogen-bond donors (Lipinski definition) is 2. The van der Waals surface area contributed by atoms with Crippen LogP contribution in [0.1, 0.15) is 29.8 Å². The fourth-order valence-corrected chi connectivity index (χ4v) is 3.24. The summed E-state index contributed by atoms with van der Waals surface area (Å²) in [6.07, 6.45) is 6.80. The summed E-state index contributed by atoms with van der Waals surface area (Å²) in [5.74, 6) is 1.35. The standard InChI is InChI=1S/C26H24FN3O3/c1-4-15-33-23-14-11-18-7-5-6-8-21(18)22(23)16-28-30-26(32)24(17(2)3)29-25(31)19-9-12-20(27)13-10-19/h1,5-14,16-17,24H,15H2,2-3H3,(H,29,31)(H,30,32)/b28-16+. The van der Waals surface area contributed by atoms with Crippen molar-refractivity contribution < 1.29 is 18.7 Å². The first-order chi connectivity index (χ1) is 15.9. The van der Waals surface area contributed by atoms with E-state index in [0.29, 0.717) is 11.3 Å². The number of carbonyl (C=O) groups is 2. The van der Waals surface area contributed by atoms with Crippen LogP contribution < -0.4 is 15.5 Å². The highest BCUT2D eigenvalue weighted by atomic mass is 19.1. The second-order valence-electron chi connectivity index (χ2n) is 7.63. The Morgan fingerprint density at radius 3 is 2.55 bits per heavy atom. The number of rotatable bonds is 8. The molecule has 7 heteroatoms. The van der Waals surface area contributed by atoms with Gasteiger partial charge in [-0.3, -0.25) is 9.59 Å². The predicted octanol–water partition coefficient (Wildman–Crippen LogP) is 3.90. The average Bonchev–Trinajstić information content (AvgIpc) is 2.81. The van der Waals surface area contributed by atoms with Crippen LogP contribution in [0.15, 0.2) is 65.8 Å². The Kier molecular flexibility index (Phi) is 7.77. The Labute approximate surface area is 191 Å². The van der Waals surface area contributed by atoms with Gasteiger partial charge < -0.3 is 10.1 Å². The molecule has 0 bridgehead atoms. The molecule has 3 aromatic rings. The van der Waals surface area contributed by atoms with E-state index in [9.17, 15) is 14.0 Å². The first-order valence-electron chi connectivity index (χ1n) is 10.4. The smallest absolute Gasteiger partial charge is 0.262 e. The first kappa shape index (κ1) is 23.5. The predicted molar refractivity (Wildman–Crippen MR) is 127 cm³/mol. The Bertz CT molecular complexity index is 1210. The molecular weight excluding hydrogens is 421 g/mol. The van der Waals surface area contributed by atoms with Gasteiger partial charge in [0.05, 0.1) is 6.21 Å². The maximum Gasteiger partial charge on any atom is 0.262 e. The molecule has 6 nitrogen and oxygen atoms in total. The summed E-state index contributed by atoms with van der Waals surface area (Å²) in [7, 11) is 0. The Balaban J connectivity index is 1.77. The van der Waals surface area contributed by atoms with Crippen molar-refractivity contribution in [3.8, 4) is 18.1 Å². The van der Waals surface area contributed by atoms with Crippen molar-refractivity contribution in [2.45, 2.75) is 19.9 Å². The number of halogens is 1. The molecule has 0 aromatic heterocycles. The largest absolute Gasteiger partial charge is 0.480 e. The minimum atomic E-state index is -0.843. The summed E-state index contributed by atoms with van der Waals surface area (Å²) in [5, 5.41) is 8.63. The van der Waals surface area contributed by atoms with Crippen molar-refractivity contribution in [2.75, 3.05) is 6.61 Å². The van der Waals surface area contributed by atoms with E-state index in [4.69, 9.17) is 11.2 Å². The van der Waals surface area contributed by atoms with Gasteiger partial charge in [0.25, 0.3) is 11.8 Å². The van der Waals surface area contributed by atoms with E-state index >= 15 is 0 Å². The molecule has 0 saturated carbocycles. The van der Waals surface area contributed by atoms with Crippen molar-refractivity contribution in [2.24, 2.45) is 11.0 Å². The zero-order chi connectivity index (χ0) is 23.8. The van der Waals surface area contributed by atoms with Crippen LogP contribution in [0.3, 0.4) is 0 Å². The highest BCUT2D eigenvalue weighted by molar-refractivity contribution is 6.03. The monoisotopic (exact) mass is 445 g/mol. The molecule has 0 aliphatic carbocycles. The second-order valence-corrected chi connectivity index (χ2v) is 7.63. The van der Waals surface area contributed by atoms with Crippen LogP contribution in [-0.2, 0) is 4.79 Å². The summed E-state index contributed by atoms with van der Waals surface area (Å²) in [4.78, 5) is 25.2. The number of benzene rings is 3. The quantitative estimate of drug-likeness (QED) is 0.314. The van der Waals surface area contributed by atoms with Crippen LogP contribution in [0.2, 0.25) is 0 Å². The fourth-order valence-electron chi connectivity index (χ4n) is 3.24. The molecule has 0 aliphatic heterocycles. The van der Waals surface area contributed by atoms with Crippen molar-refractivity contribution >= 4 is 28.8 Å². The van der Waals surface area contributed by atoms with Gasteiger partial charge in [-0.05, 0) is 47.0 Å². The minimum Gasteiger partial charge on any atom is -0.480 e. The van der Waals surface area contributed by atoms with Gasteiger partial charge in [0, 0.05) is 11.1 Å². The molecule has 3 rings (SSSR count). The lowest BCUT2D eigenvalue weighted by Gasteiger charge is -2.20. The van der Waals surface area contributed by atoms with Crippen LogP contribution in [0, 0.1) is 24.1 Å². The van der Waals surface area contributed by atoms with Gasteiger partial charge in [-0.1, -0.05) is 50.1 Å². The summed E-state index contributed by atoms with van der Waals surface area (Å²) >= 11 is 0. The van der Waals surface area contributed by atoms with Gasteiger partial charge in [0.15, 0.2) is 0 Å². The van der Waals surface area contributed by atoms with Crippen LogP contribution >= 0.6 is 0 Å². The maximum atomic E-state index is 13.1. The normalized spacial score (nSPS) is 11.8. The second kappa shape index (κ2) is 10.9. The van der Waals surface area contributed by atoms with Crippen LogP contribution in [0.4, 0.5) is 4.39 Å². The molecule has 0 saturated heterocycles. The molecule has 3 aromatic carbocycles. The van der Waals surface area contributed by atoms with Gasteiger partial charge >= 0.3 is 0 Å². The zero-order valence-electron chi connectivity index (χ0n) is 18.3. The van der Waals surface area contributed by atoms with Crippen molar-refractivity contribution in [3.05, 3.63) is 77.6 Å². The average molecular weight is 445 g/mol. The van der Waals surface area contributed by atoms with Crippen LogP contribution in [0.5, 0.6) is 5.75 Å². The number of hydrogen-bond acceptors (Lipinski definition) is 4. The third kappa shape index (κ3) is 5.95. The van der Waals surface area contributed by atoms with E-state index < -0.39 is 23.7 Å². The molecule has 0 aliphatic rings. The number of nitrogens with zero attached hydrogens (tertiary/aromatic N) is 1. The lowest BCUT2D eigenvalue weighted by atomic mass is 10.0. The van der Waals surface area contributed by atoms with E-state index in [1.54, 1.807) is 19.9 Å². The molecule has 0 heterocycles. The third-order valence-corrected chi connectivity index (χ3v) is 4.95. The molecule has 0 spiro atoms. The number of carbonyl (C=O) groups excluding carboxylic acids is 2. The molecule has 168 valence electrons. The molecule has 1 unspecified atom stereocenters. The third-order valence-electron chi connectivity index (χ3n) is 4.95. The minimum absolute atomic E-state index is 0.0936. The van der Waals surface area contributed by atoms with Crippen molar-refractivity contribution in [1.82, 2.24) is 10.7 Å². The molecule has 1 atom stereocenters. The lowest BCUT2D eigenvalue weighted by Crippen LogP contribution is -2.48. The Morgan fingerprint density at radius 2 is 1.85 bits per heavy atom. The maximum absolute atomic E-state index is 13.1. The number of ether oxygens (including phenoxy) is 1. The van der Waals surface area contributed by atoms with E-state index in [2.05, 4.69) is 21.8 Å². The number of fused-ring (bicyclic) bond motifs is 1. The molecule has 33 heavy (non-hydrogen) atoms. The zero-order valence-corrected chi connectivity index (χ0v) is 18.3. The summed E-state index contributed by atoms with van der Waals surface area (Å²) in [5.41, 5.74) is 3.41. The summed E-state index contributed by atoms with van der Waals surface area (Å²) < 4.78 is 18.7. The van der Waals surface area contributed by atoms with Crippen LogP contribution in [-0.4, -0.2) is 30.7 Å². The fraction of sp³-hybridized carbons (Fsp3) is 0.192. The van der Waals surface area contributed by atoms with Gasteiger partial charge in [0.1, 0.15) is 24.2 Å². The molecule has 0 fully saturated rings. The van der Waals surface area contributed by atoms with E-state index in [1.807, 2.05) is 30.3 Å². The van der Waals surface area contributed by atoms with Crippen LogP contribution in [0.25, 0.3) is 10.8 Å². The highest BCUT2D eigenvalue weighted by Crippen LogP contribution is 2.26. The van der Waals surface area contributed by atoms with Gasteiger partial charge in [0.2, 0.25) is 0 Å². The number of hydrazone groups is 1. The van der Waals surface area contributed by atoms with E-state index in [-0.39, 0.29) is 18.1 Å². The summed E-state index contributed by atoms with van der Waals surface area (Å²) in [6.45, 7) is 3.70. The van der Waals surface area contributed by atoms with Gasteiger partial charge in [-0.15, -0.1) is 6.42 Å². The lowest BCUT2D eigenvalue weighted by molar-refractivity contribution is -0.123. The number of terminal acetylenes is 1. The molecule has 2 amide bonds. The SMILES string of the molecule is C#CCOc1ccc2ccccc2c1/C=N/NC(=O)C(NC(=O)c1ccc(F)cc1)C(C)C. The Hall–Kier alpha value is -4.18. The van der Waals surface area contributed by atoms with Crippen molar-refractivity contribution in [1.29, 1.82) is 0 Å². The number of amides is 2. The van der Waals surface area contributed by atoms with Crippen molar-refractivity contribution in [3.63, 3.8) is 0 Å². The van der Waals surface area contributed by atoms with E-state index in [1.165, 1.54) is 30.5 Å². The first-order valence-corrected chi connectivity index (χ1v) is 10.4.